The lowest BCUT2D eigenvalue weighted by molar-refractivity contribution is -0.0475. The highest BCUT2D eigenvalue weighted by atomic mass is 35.5. The minimum Gasteiger partial charge on any atom is -0.493 e. The Morgan fingerprint density at radius 1 is 0.829 bits per heavy atom. The van der Waals surface area contributed by atoms with E-state index in [0.29, 0.717) is 59.8 Å². The summed E-state index contributed by atoms with van der Waals surface area (Å²) in [6, 6.07) is 20.5. The fourth-order valence-corrected chi connectivity index (χ4v) is 5.72. The number of ether oxygens (including phenoxy) is 2. The molecule has 0 bridgehead atoms. The van der Waals surface area contributed by atoms with Crippen LogP contribution in [0.1, 0.15) is 41.6 Å². The summed E-state index contributed by atoms with van der Waals surface area (Å²) in [6.45, 7) is 4.76. The van der Waals surface area contributed by atoms with Gasteiger partial charge in [-0.15, -0.1) is 0 Å². The van der Waals surface area contributed by atoms with Gasteiger partial charge >= 0.3 is 0 Å². The summed E-state index contributed by atoms with van der Waals surface area (Å²) in [5, 5.41) is 12.6. The topological polar surface area (TPSA) is 62.2 Å². The van der Waals surface area contributed by atoms with Crippen LogP contribution in [-0.2, 0) is 6.54 Å². The van der Waals surface area contributed by atoms with Crippen LogP contribution >= 0.6 is 34.8 Å². The van der Waals surface area contributed by atoms with E-state index in [2.05, 4.69) is 17.0 Å². The van der Waals surface area contributed by atoms with Gasteiger partial charge in [0.05, 0.1) is 16.7 Å². The fourth-order valence-electron chi connectivity index (χ4n) is 5.30. The van der Waals surface area contributed by atoms with Gasteiger partial charge in [0.2, 0.25) is 0 Å². The van der Waals surface area contributed by atoms with E-state index in [0.717, 1.165) is 43.2 Å². The molecule has 2 aliphatic rings. The smallest absolute Gasteiger partial charge is 0.253 e. The molecule has 1 amide bonds. The second-order valence-electron chi connectivity index (χ2n) is 11.1. The quantitative estimate of drug-likeness (QED) is 0.281. The third-order valence-corrected chi connectivity index (χ3v) is 8.98. The summed E-state index contributed by atoms with van der Waals surface area (Å²) in [5.74, 6) is 1.80. The predicted octanol–water partition coefficient (Wildman–Crippen LogP) is 6.98. The van der Waals surface area contributed by atoms with E-state index in [1.165, 1.54) is 5.56 Å². The second-order valence-corrected chi connectivity index (χ2v) is 12.3. The molecule has 0 aliphatic carbocycles. The Hall–Kier alpha value is -2.48. The molecule has 0 aromatic heterocycles. The number of aliphatic hydroxyl groups is 1. The Balaban J connectivity index is 1.03. The van der Waals surface area contributed by atoms with Crippen molar-refractivity contribution in [1.82, 2.24) is 9.80 Å². The number of carbonyl (C=O) groups is 1. The Labute approximate surface area is 256 Å². The highest BCUT2D eigenvalue weighted by Crippen LogP contribution is 2.29. The van der Waals surface area contributed by atoms with Gasteiger partial charge in [0, 0.05) is 36.3 Å². The van der Waals surface area contributed by atoms with E-state index in [1.54, 1.807) is 23.1 Å². The Morgan fingerprint density at radius 2 is 1.49 bits per heavy atom. The highest BCUT2D eigenvalue weighted by molar-refractivity contribution is 6.42. The molecule has 2 heterocycles. The number of rotatable bonds is 9. The summed E-state index contributed by atoms with van der Waals surface area (Å²) in [6.07, 6.45) is 3.06. The van der Waals surface area contributed by atoms with Gasteiger partial charge in [-0.25, -0.2) is 0 Å². The molecule has 6 nitrogen and oxygen atoms in total. The van der Waals surface area contributed by atoms with Crippen molar-refractivity contribution in [3.05, 3.63) is 92.9 Å². The molecule has 0 unspecified atom stereocenters. The number of nitrogens with zero attached hydrogens (tertiary/aromatic N) is 2. The van der Waals surface area contributed by atoms with Crippen LogP contribution in [0.5, 0.6) is 11.5 Å². The minimum absolute atomic E-state index is 0.0444. The molecule has 218 valence electrons. The van der Waals surface area contributed by atoms with Crippen molar-refractivity contribution in [2.75, 3.05) is 39.4 Å². The van der Waals surface area contributed by atoms with Gasteiger partial charge in [-0.1, -0.05) is 46.9 Å². The van der Waals surface area contributed by atoms with E-state index >= 15 is 0 Å². The summed E-state index contributed by atoms with van der Waals surface area (Å²) in [7, 11) is 0. The zero-order chi connectivity index (χ0) is 28.8. The Bertz CT molecular complexity index is 1300. The van der Waals surface area contributed by atoms with E-state index < -0.39 is 5.60 Å². The van der Waals surface area contributed by atoms with Crippen molar-refractivity contribution in [3.8, 4) is 11.5 Å². The predicted molar refractivity (Wildman–Crippen MR) is 163 cm³/mol. The van der Waals surface area contributed by atoms with E-state index in [1.807, 2.05) is 36.4 Å². The van der Waals surface area contributed by atoms with Crippen molar-refractivity contribution in [1.29, 1.82) is 0 Å². The van der Waals surface area contributed by atoms with Crippen LogP contribution in [-0.4, -0.2) is 65.8 Å². The van der Waals surface area contributed by atoms with E-state index in [-0.39, 0.29) is 12.5 Å². The van der Waals surface area contributed by atoms with Crippen LogP contribution in [0.3, 0.4) is 0 Å². The summed E-state index contributed by atoms with van der Waals surface area (Å²) >= 11 is 18.0. The first-order valence-corrected chi connectivity index (χ1v) is 15.2. The molecule has 2 aliphatic heterocycles. The van der Waals surface area contributed by atoms with Gasteiger partial charge in [-0.05, 0) is 98.8 Å². The molecule has 2 saturated heterocycles. The van der Waals surface area contributed by atoms with Crippen LogP contribution in [0.25, 0.3) is 0 Å². The normalized spacial score (nSPS) is 17.8. The van der Waals surface area contributed by atoms with Gasteiger partial charge in [-0.2, -0.15) is 0 Å². The lowest BCUT2D eigenvalue weighted by Gasteiger charge is -2.38. The van der Waals surface area contributed by atoms with Crippen LogP contribution < -0.4 is 9.47 Å². The Kier molecular flexibility index (Phi) is 9.99. The minimum atomic E-state index is -1.01. The number of hydrogen-bond acceptors (Lipinski definition) is 5. The van der Waals surface area contributed by atoms with Gasteiger partial charge in [0.1, 0.15) is 23.7 Å². The van der Waals surface area contributed by atoms with Crippen LogP contribution in [0.2, 0.25) is 15.1 Å². The molecule has 2 fully saturated rings. The standard InChI is InChI=1S/C32H35Cl3N2O4/c33-26-5-1-23(2-6-26)20-36-15-11-24(12-16-36)21-40-27-7-3-25(4-8-27)31(38)37-17-13-32(39,14-18-37)22-41-28-9-10-29(34)30(35)19-28/h1-10,19,24,39H,11-18,20-22H2. The third kappa shape index (κ3) is 8.30. The van der Waals surface area contributed by atoms with Gasteiger partial charge in [-0.3, -0.25) is 9.69 Å². The van der Waals surface area contributed by atoms with E-state index in [4.69, 9.17) is 44.3 Å². The maximum atomic E-state index is 13.1. The average Bonchev–Trinajstić information content (AvgIpc) is 2.99. The summed E-state index contributed by atoms with van der Waals surface area (Å²) in [4.78, 5) is 17.3. The number of halogens is 3. The third-order valence-electron chi connectivity index (χ3n) is 7.99. The summed E-state index contributed by atoms with van der Waals surface area (Å²) in [5.41, 5.74) is 0.894. The molecule has 5 rings (SSSR count). The van der Waals surface area contributed by atoms with Crippen molar-refractivity contribution < 1.29 is 19.4 Å². The van der Waals surface area contributed by atoms with Gasteiger partial charge in [0.25, 0.3) is 5.91 Å². The number of amides is 1. The highest BCUT2D eigenvalue weighted by Gasteiger charge is 2.35. The average molecular weight is 618 g/mol. The van der Waals surface area contributed by atoms with Crippen molar-refractivity contribution in [2.24, 2.45) is 5.92 Å². The zero-order valence-corrected chi connectivity index (χ0v) is 25.2. The van der Waals surface area contributed by atoms with E-state index in [9.17, 15) is 9.90 Å². The molecule has 0 radical (unpaired) electrons. The zero-order valence-electron chi connectivity index (χ0n) is 22.9. The van der Waals surface area contributed by atoms with Crippen LogP contribution in [0.4, 0.5) is 0 Å². The first kappa shape index (κ1) is 30.0. The molecule has 0 atom stereocenters. The number of hydrogen-bond donors (Lipinski definition) is 1. The van der Waals surface area contributed by atoms with Crippen LogP contribution in [0, 0.1) is 5.92 Å². The van der Waals surface area contributed by atoms with Gasteiger partial charge < -0.3 is 19.5 Å². The second kappa shape index (κ2) is 13.7. The largest absolute Gasteiger partial charge is 0.493 e. The number of likely N-dealkylation sites (tertiary alicyclic amines) is 2. The molecule has 9 heteroatoms. The molecular weight excluding hydrogens is 583 g/mol. The van der Waals surface area contributed by atoms with Crippen molar-refractivity contribution in [2.45, 2.75) is 37.8 Å². The lowest BCUT2D eigenvalue weighted by Crippen LogP contribution is -2.49. The number of piperidine rings is 2. The molecule has 41 heavy (non-hydrogen) atoms. The molecule has 1 N–H and O–H groups in total. The first-order chi connectivity index (χ1) is 19.8. The Morgan fingerprint density at radius 3 is 2.15 bits per heavy atom. The maximum absolute atomic E-state index is 13.1. The van der Waals surface area contributed by atoms with Crippen molar-refractivity contribution in [3.63, 3.8) is 0 Å². The molecule has 3 aromatic carbocycles. The fraction of sp³-hybridized carbons (Fsp3) is 0.406. The molecular formula is C32H35Cl3N2O4. The molecule has 3 aromatic rings. The van der Waals surface area contributed by atoms with Crippen molar-refractivity contribution >= 4 is 40.7 Å². The summed E-state index contributed by atoms with van der Waals surface area (Å²) < 4.78 is 11.8. The lowest BCUT2D eigenvalue weighted by atomic mass is 9.92. The molecule has 0 saturated carbocycles. The van der Waals surface area contributed by atoms with Crippen LogP contribution in [0.15, 0.2) is 66.7 Å². The SMILES string of the molecule is O=C(c1ccc(OCC2CCN(Cc3ccc(Cl)cc3)CC2)cc1)N1CCC(O)(COc2ccc(Cl)c(Cl)c2)CC1. The monoisotopic (exact) mass is 616 g/mol. The van der Waals surface area contributed by atoms with Gasteiger partial charge in [0.15, 0.2) is 0 Å². The molecule has 0 spiro atoms. The number of carbonyl (C=O) groups excluding carboxylic acids is 1. The maximum Gasteiger partial charge on any atom is 0.253 e. The first-order valence-electron chi connectivity index (χ1n) is 14.1. The number of benzene rings is 3.